The topological polar surface area (TPSA) is 64.3 Å². The van der Waals surface area contributed by atoms with E-state index in [0.29, 0.717) is 13.2 Å². The molecule has 0 aliphatic heterocycles. The van der Waals surface area contributed by atoms with Gasteiger partial charge in [0.15, 0.2) is 0 Å². The zero-order chi connectivity index (χ0) is 14.5. The second-order valence-corrected chi connectivity index (χ2v) is 5.75. The molecule has 0 aromatic heterocycles. The van der Waals surface area contributed by atoms with Crippen LogP contribution in [0.3, 0.4) is 0 Å². The predicted molar refractivity (Wildman–Crippen MR) is 84.4 cm³/mol. The van der Waals surface area contributed by atoms with Crippen molar-refractivity contribution in [2.75, 3.05) is 13.2 Å². The number of carbonyl (C=O) groups excluding carboxylic acids is 1. The van der Waals surface area contributed by atoms with Crippen molar-refractivity contribution in [1.82, 2.24) is 5.32 Å². The summed E-state index contributed by atoms with van der Waals surface area (Å²) in [6.07, 6.45) is 0. The molecule has 0 saturated carbocycles. The molecule has 114 valence electrons. The molecule has 0 fully saturated rings. The average molecular weight is 301 g/mol. The monoisotopic (exact) mass is 300 g/mol. The summed E-state index contributed by atoms with van der Waals surface area (Å²) < 4.78 is 5.60. The van der Waals surface area contributed by atoms with Crippen LogP contribution in [0.1, 0.15) is 26.3 Å². The number of nitrogens with two attached hydrogens (primary N) is 1. The van der Waals surface area contributed by atoms with Gasteiger partial charge < -0.3 is 15.8 Å². The Morgan fingerprint density at radius 2 is 1.95 bits per heavy atom. The first-order chi connectivity index (χ1) is 8.82. The van der Waals surface area contributed by atoms with Crippen molar-refractivity contribution in [3.8, 4) is 5.75 Å². The Morgan fingerprint density at radius 1 is 1.35 bits per heavy atom. The van der Waals surface area contributed by atoms with Crippen LogP contribution in [-0.4, -0.2) is 25.1 Å². The number of carbonyl (C=O) groups is 1. The molecule has 20 heavy (non-hydrogen) atoms. The number of hydrogen-bond donors (Lipinski definition) is 2. The van der Waals surface area contributed by atoms with E-state index in [2.05, 4.69) is 5.32 Å². The second kappa shape index (κ2) is 8.12. The van der Waals surface area contributed by atoms with Crippen molar-refractivity contribution < 1.29 is 9.53 Å². The molecule has 1 amide bonds. The van der Waals surface area contributed by atoms with Crippen molar-refractivity contribution in [2.24, 2.45) is 11.1 Å². The number of rotatable bonds is 5. The van der Waals surface area contributed by atoms with Gasteiger partial charge in [0, 0.05) is 0 Å². The fraction of sp³-hybridized carbons (Fsp3) is 0.533. The summed E-state index contributed by atoms with van der Waals surface area (Å²) in [5.74, 6) is 0.706. The van der Waals surface area contributed by atoms with Crippen LogP contribution >= 0.6 is 12.4 Å². The van der Waals surface area contributed by atoms with E-state index in [1.165, 1.54) is 0 Å². The number of amides is 1. The van der Waals surface area contributed by atoms with Crippen molar-refractivity contribution in [1.29, 1.82) is 0 Å². The Morgan fingerprint density at radius 3 is 2.50 bits per heavy atom. The molecular formula is C15H25ClN2O2. The Hall–Kier alpha value is -1.26. The van der Waals surface area contributed by atoms with E-state index in [1.54, 1.807) is 0 Å². The van der Waals surface area contributed by atoms with Crippen molar-refractivity contribution in [3.05, 3.63) is 29.8 Å². The third-order valence-corrected chi connectivity index (χ3v) is 2.97. The van der Waals surface area contributed by atoms with Gasteiger partial charge in [0.1, 0.15) is 12.4 Å². The summed E-state index contributed by atoms with van der Waals surface area (Å²) >= 11 is 0. The molecule has 5 heteroatoms. The summed E-state index contributed by atoms with van der Waals surface area (Å²) in [6.45, 7) is 8.72. The molecule has 4 nitrogen and oxygen atoms in total. The number of benzene rings is 1. The molecule has 0 unspecified atom stereocenters. The lowest BCUT2D eigenvalue weighted by atomic mass is 9.87. The first-order valence-corrected chi connectivity index (χ1v) is 6.54. The summed E-state index contributed by atoms with van der Waals surface area (Å²) in [5, 5.41) is 2.79. The van der Waals surface area contributed by atoms with Crippen LogP contribution in [0.5, 0.6) is 5.75 Å². The molecule has 1 aromatic rings. The minimum atomic E-state index is -0.508. The maximum atomic E-state index is 11.8. The normalized spacial score (nSPS) is 12.2. The molecule has 0 spiro atoms. The van der Waals surface area contributed by atoms with Gasteiger partial charge in [0.25, 0.3) is 0 Å². The van der Waals surface area contributed by atoms with Crippen molar-refractivity contribution in [3.63, 3.8) is 0 Å². The van der Waals surface area contributed by atoms with Crippen LogP contribution in [0.15, 0.2) is 24.3 Å². The van der Waals surface area contributed by atoms with E-state index in [4.69, 9.17) is 10.5 Å². The fourth-order valence-electron chi connectivity index (χ4n) is 1.56. The van der Waals surface area contributed by atoms with E-state index in [9.17, 15) is 4.79 Å². The van der Waals surface area contributed by atoms with Gasteiger partial charge in [-0.25, -0.2) is 0 Å². The SMILES string of the molecule is Cc1ccccc1OCCNC(=O)[C@@H](N)C(C)(C)C.Cl. The van der Waals surface area contributed by atoms with Gasteiger partial charge in [0.2, 0.25) is 5.91 Å². The molecule has 1 aromatic carbocycles. The Kier molecular flexibility index (Phi) is 7.61. The summed E-state index contributed by atoms with van der Waals surface area (Å²) in [7, 11) is 0. The first-order valence-electron chi connectivity index (χ1n) is 6.54. The number of halogens is 1. The third kappa shape index (κ3) is 5.80. The van der Waals surface area contributed by atoms with Crippen LogP contribution in [0.2, 0.25) is 0 Å². The Bertz CT molecular complexity index is 430. The highest BCUT2D eigenvalue weighted by atomic mass is 35.5. The molecule has 0 heterocycles. The lowest BCUT2D eigenvalue weighted by molar-refractivity contribution is -0.124. The number of hydrogen-bond acceptors (Lipinski definition) is 3. The lowest BCUT2D eigenvalue weighted by Crippen LogP contribution is -2.49. The maximum Gasteiger partial charge on any atom is 0.237 e. The Balaban J connectivity index is 0.00000361. The zero-order valence-electron chi connectivity index (χ0n) is 12.6. The minimum Gasteiger partial charge on any atom is -0.491 e. The molecule has 0 saturated heterocycles. The standard InChI is InChI=1S/C15H24N2O2.ClH/c1-11-7-5-6-8-12(11)19-10-9-17-14(18)13(16)15(2,3)4;/h5-8,13H,9-10,16H2,1-4H3,(H,17,18);1H/t13-;/m1./s1. The molecule has 0 aliphatic rings. The van der Waals surface area contributed by atoms with E-state index in [1.807, 2.05) is 52.0 Å². The zero-order valence-corrected chi connectivity index (χ0v) is 13.4. The highest BCUT2D eigenvalue weighted by molar-refractivity contribution is 5.85. The van der Waals surface area contributed by atoms with Crippen molar-refractivity contribution >= 4 is 18.3 Å². The van der Waals surface area contributed by atoms with E-state index >= 15 is 0 Å². The summed E-state index contributed by atoms with van der Waals surface area (Å²) in [6, 6.07) is 7.29. The summed E-state index contributed by atoms with van der Waals surface area (Å²) in [4.78, 5) is 11.8. The molecular weight excluding hydrogens is 276 g/mol. The average Bonchev–Trinajstić information content (AvgIpc) is 2.34. The smallest absolute Gasteiger partial charge is 0.237 e. The van der Waals surface area contributed by atoms with Gasteiger partial charge in [-0.05, 0) is 24.0 Å². The number of aryl methyl sites for hydroxylation is 1. The van der Waals surface area contributed by atoms with Crippen LogP contribution in [0.4, 0.5) is 0 Å². The quantitative estimate of drug-likeness (QED) is 0.820. The number of ether oxygens (including phenoxy) is 1. The minimum absolute atomic E-state index is 0. The first kappa shape index (κ1) is 18.7. The van der Waals surface area contributed by atoms with Gasteiger partial charge >= 0.3 is 0 Å². The number of para-hydroxylation sites is 1. The van der Waals surface area contributed by atoms with Gasteiger partial charge in [-0.15, -0.1) is 12.4 Å². The van der Waals surface area contributed by atoms with Crippen LogP contribution in [0, 0.1) is 12.3 Å². The van der Waals surface area contributed by atoms with Gasteiger partial charge in [-0.1, -0.05) is 39.0 Å². The van der Waals surface area contributed by atoms with Crippen LogP contribution in [-0.2, 0) is 4.79 Å². The molecule has 1 atom stereocenters. The highest BCUT2D eigenvalue weighted by Gasteiger charge is 2.26. The van der Waals surface area contributed by atoms with E-state index < -0.39 is 6.04 Å². The van der Waals surface area contributed by atoms with E-state index in [-0.39, 0.29) is 23.7 Å². The maximum absolute atomic E-state index is 11.8. The largest absolute Gasteiger partial charge is 0.491 e. The third-order valence-electron chi connectivity index (χ3n) is 2.97. The van der Waals surface area contributed by atoms with Gasteiger partial charge in [-0.3, -0.25) is 4.79 Å². The molecule has 1 rings (SSSR count). The number of nitrogens with one attached hydrogen (secondary N) is 1. The van der Waals surface area contributed by atoms with Gasteiger partial charge in [0.05, 0.1) is 12.6 Å². The second-order valence-electron chi connectivity index (χ2n) is 5.75. The predicted octanol–water partition coefficient (Wildman–Crippen LogP) is 2.29. The van der Waals surface area contributed by atoms with Gasteiger partial charge in [-0.2, -0.15) is 0 Å². The molecule has 3 N–H and O–H groups in total. The summed E-state index contributed by atoms with van der Waals surface area (Å²) in [5.41, 5.74) is 6.71. The molecule has 0 aliphatic carbocycles. The molecule has 0 radical (unpaired) electrons. The van der Waals surface area contributed by atoms with Crippen molar-refractivity contribution in [2.45, 2.75) is 33.7 Å². The molecule has 0 bridgehead atoms. The van der Waals surface area contributed by atoms with Crippen LogP contribution in [0.25, 0.3) is 0 Å². The highest BCUT2D eigenvalue weighted by Crippen LogP contribution is 2.17. The Labute approximate surface area is 127 Å². The van der Waals surface area contributed by atoms with Crippen LogP contribution < -0.4 is 15.8 Å². The van der Waals surface area contributed by atoms with E-state index in [0.717, 1.165) is 11.3 Å². The fourth-order valence-corrected chi connectivity index (χ4v) is 1.56. The lowest BCUT2D eigenvalue weighted by Gasteiger charge is -2.25.